The van der Waals surface area contributed by atoms with Crippen molar-refractivity contribution < 1.29 is 23.6 Å². The van der Waals surface area contributed by atoms with Crippen LogP contribution in [-0.4, -0.2) is 45.5 Å². The fourth-order valence-electron chi connectivity index (χ4n) is 1.83. The maximum Gasteiger partial charge on any atom is 0.408 e. The average molecular weight is 356 g/mol. The molecule has 1 amide bonds. The Bertz CT molecular complexity index is 705. The second-order valence-electron chi connectivity index (χ2n) is 6.68. The Hall–Kier alpha value is -2.09. The zero-order valence-corrected chi connectivity index (χ0v) is 15.3. The molecule has 0 aromatic heterocycles. The van der Waals surface area contributed by atoms with Crippen molar-refractivity contribution in [2.45, 2.75) is 38.8 Å². The number of amides is 1. The Kier molecular flexibility index (Phi) is 6.36. The summed E-state index contributed by atoms with van der Waals surface area (Å²) in [6, 6.07) is 5.60. The Morgan fingerprint density at radius 3 is 2.21 bits per heavy atom. The van der Waals surface area contributed by atoms with Crippen LogP contribution in [0.1, 0.15) is 26.3 Å². The molecule has 0 aliphatic rings. The number of ether oxygens (including phenoxy) is 1. The van der Waals surface area contributed by atoms with E-state index >= 15 is 0 Å². The molecule has 0 saturated heterocycles. The third kappa shape index (κ3) is 7.96. The lowest BCUT2D eigenvalue weighted by Crippen LogP contribution is -2.44. The van der Waals surface area contributed by atoms with E-state index in [-0.39, 0.29) is 6.42 Å². The van der Waals surface area contributed by atoms with Gasteiger partial charge in [-0.1, -0.05) is 12.1 Å². The first-order valence-corrected chi connectivity index (χ1v) is 9.67. The van der Waals surface area contributed by atoms with Gasteiger partial charge in [-0.3, -0.25) is 0 Å². The van der Waals surface area contributed by atoms with Gasteiger partial charge in [0, 0.05) is 28.7 Å². The van der Waals surface area contributed by atoms with Gasteiger partial charge in [-0.15, -0.1) is 0 Å². The minimum atomic E-state index is -2.25. The lowest BCUT2D eigenvalue weighted by Gasteiger charge is -2.22. The summed E-state index contributed by atoms with van der Waals surface area (Å²) >= 11 is 0. The minimum Gasteiger partial charge on any atom is -0.480 e. The molecule has 1 unspecified atom stereocenters. The molecule has 0 fully saturated rings. The molecule has 24 heavy (non-hydrogen) atoms. The van der Waals surface area contributed by atoms with Crippen LogP contribution in [-0.2, 0) is 25.7 Å². The second kappa shape index (κ2) is 7.65. The van der Waals surface area contributed by atoms with Crippen LogP contribution in [0.3, 0.4) is 0 Å². The van der Waals surface area contributed by atoms with Crippen LogP contribution >= 0.6 is 0 Å². The van der Waals surface area contributed by atoms with Crippen molar-refractivity contribution in [3.8, 4) is 0 Å². The van der Waals surface area contributed by atoms with E-state index in [1.165, 1.54) is 12.5 Å². The van der Waals surface area contributed by atoms with Gasteiger partial charge in [0.05, 0.1) is 5.69 Å². The zero-order chi connectivity index (χ0) is 18.5. The SMILES string of the molecule is CC(C)(C)OC(=O)NC(Cc1ccc(N=S(C)(C)=O)cc1)C(=O)O. The number of rotatable bonds is 5. The van der Waals surface area contributed by atoms with Crippen molar-refractivity contribution in [2.24, 2.45) is 4.36 Å². The lowest BCUT2D eigenvalue weighted by molar-refractivity contribution is -0.139. The first-order valence-electron chi connectivity index (χ1n) is 7.34. The predicted molar refractivity (Wildman–Crippen MR) is 93.0 cm³/mol. The number of carboxylic acid groups (broad SMARTS) is 1. The topological polar surface area (TPSA) is 105 Å². The largest absolute Gasteiger partial charge is 0.480 e. The molecule has 0 radical (unpaired) electrons. The Morgan fingerprint density at radius 1 is 1.25 bits per heavy atom. The summed E-state index contributed by atoms with van der Waals surface area (Å²) in [6.07, 6.45) is 2.39. The van der Waals surface area contributed by atoms with Gasteiger partial charge in [-0.25, -0.2) is 13.8 Å². The number of hydrogen-bond donors (Lipinski definition) is 2. The molecular weight excluding hydrogens is 332 g/mol. The van der Waals surface area contributed by atoms with Crippen molar-refractivity contribution in [1.82, 2.24) is 5.32 Å². The van der Waals surface area contributed by atoms with Gasteiger partial charge in [0.2, 0.25) is 0 Å². The van der Waals surface area contributed by atoms with Gasteiger partial charge in [0.1, 0.15) is 11.6 Å². The van der Waals surface area contributed by atoms with E-state index in [0.717, 1.165) is 0 Å². The molecule has 7 nitrogen and oxygen atoms in total. The van der Waals surface area contributed by atoms with Gasteiger partial charge < -0.3 is 15.2 Å². The summed E-state index contributed by atoms with van der Waals surface area (Å²) in [4.78, 5) is 23.1. The molecule has 0 aliphatic heterocycles. The summed E-state index contributed by atoms with van der Waals surface area (Å²) in [5.41, 5.74) is 0.556. The fraction of sp³-hybridized carbons (Fsp3) is 0.500. The third-order valence-electron chi connectivity index (χ3n) is 2.69. The van der Waals surface area contributed by atoms with E-state index in [1.807, 2.05) is 0 Å². The molecule has 0 bridgehead atoms. The molecule has 0 spiro atoms. The number of hydrogen-bond acceptors (Lipinski definition) is 5. The standard InChI is InChI=1S/C16H24N2O5S/c1-16(2,3)23-15(21)17-13(14(19)20)10-11-6-8-12(9-7-11)18-24(4,5)22/h6-9,13H,10H2,1-5H3,(H,17,21)(H,19,20). The number of carbonyl (C=O) groups is 2. The summed E-state index contributed by atoms with van der Waals surface area (Å²) < 4.78 is 20.8. The average Bonchev–Trinajstić information content (AvgIpc) is 2.36. The quantitative estimate of drug-likeness (QED) is 0.843. The Morgan fingerprint density at radius 2 is 1.79 bits per heavy atom. The maximum absolute atomic E-state index is 11.7. The third-order valence-corrected chi connectivity index (χ3v) is 3.34. The summed E-state index contributed by atoms with van der Waals surface area (Å²) in [6.45, 7) is 5.10. The van der Waals surface area contributed by atoms with E-state index in [0.29, 0.717) is 11.3 Å². The monoisotopic (exact) mass is 356 g/mol. The van der Waals surface area contributed by atoms with Crippen LogP contribution < -0.4 is 5.32 Å². The zero-order valence-electron chi connectivity index (χ0n) is 14.5. The van der Waals surface area contributed by atoms with Crippen molar-refractivity contribution >= 4 is 27.5 Å². The molecule has 0 heterocycles. The summed E-state index contributed by atoms with van der Waals surface area (Å²) in [7, 11) is -2.25. The van der Waals surface area contributed by atoms with Crippen LogP contribution in [0.15, 0.2) is 28.6 Å². The molecule has 0 aliphatic carbocycles. The van der Waals surface area contributed by atoms with Gasteiger partial charge in [0.25, 0.3) is 0 Å². The van der Waals surface area contributed by atoms with Gasteiger partial charge in [0.15, 0.2) is 0 Å². The normalized spacial score (nSPS) is 13.0. The number of aliphatic carboxylic acids is 1. The highest BCUT2D eigenvalue weighted by Gasteiger charge is 2.24. The molecule has 1 rings (SSSR count). The highest BCUT2D eigenvalue weighted by molar-refractivity contribution is 7.92. The summed E-state index contributed by atoms with van der Waals surface area (Å²) in [5, 5.41) is 11.6. The number of nitrogens with one attached hydrogen (secondary N) is 1. The number of carboxylic acids is 1. The molecular formula is C16H24N2O5S. The molecule has 8 heteroatoms. The van der Waals surface area contributed by atoms with Crippen LogP contribution in [0.25, 0.3) is 0 Å². The molecule has 1 aromatic rings. The lowest BCUT2D eigenvalue weighted by atomic mass is 10.1. The Balaban J connectivity index is 2.81. The smallest absolute Gasteiger partial charge is 0.408 e. The number of benzene rings is 1. The van der Waals surface area contributed by atoms with Crippen molar-refractivity contribution in [3.05, 3.63) is 29.8 Å². The maximum atomic E-state index is 11.7. The number of nitrogens with zero attached hydrogens (tertiary/aromatic N) is 1. The van der Waals surface area contributed by atoms with E-state index in [4.69, 9.17) is 4.74 Å². The van der Waals surface area contributed by atoms with E-state index in [2.05, 4.69) is 9.68 Å². The van der Waals surface area contributed by atoms with Crippen molar-refractivity contribution in [1.29, 1.82) is 0 Å². The predicted octanol–water partition coefficient (Wildman–Crippen LogP) is 2.57. The highest BCUT2D eigenvalue weighted by Crippen LogP contribution is 2.16. The molecule has 134 valence electrons. The first-order chi connectivity index (χ1) is 10.9. The van der Waals surface area contributed by atoms with Gasteiger partial charge >= 0.3 is 12.1 Å². The van der Waals surface area contributed by atoms with Gasteiger partial charge in [-0.05, 0) is 38.5 Å². The van der Waals surface area contributed by atoms with Crippen LogP contribution in [0.5, 0.6) is 0 Å². The van der Waals surface area contributed by atoms with E-state index in [1.54, 1.807) is 45.0 Å². The van der Waals surface area contributed by atoms with Gasteiger partial charge in [-0.2, -0.15) is 4.36 Å². The summed E-state index contributed by atoms with van der Waals surface area (Å²) in [5.74, 6) is -1.15. The van der Waals surface area contributed by atoms with E-state index in [9.17, 15) is 18.9 Å². The van der Waals surface area contributed by atoms with Crippen molar-refractivity contribution in [2.75, 3.05) is 12.5 Å². The molecule has 1 aromatic carbocycles. The molecule has 1 atom stereocenters. The second-order valence-corrected chi connectivity index (χ2v) is 9.23. The van der Waals surface area contributed by atoms with Crippen LogP contribution in [0, 0.1) is 0 Å². The highest BCUT2D eigenvalue weighted by atomic mass is 32.2. The fourth-order valence-corrected chi connectivity index (χ4v) is 2.46. The van der Waals surface area contributed by atoms with Crippen molar-refractivity contribution in [3.63, 3.8) is 0 Å². The van der Waals surface area contributed by atoms with Crippen LogP contribution in [0.2, 0.25) is 0 Å². The molecule has 0 saturated carbocycles. The number of carbonyl (C=O) groups excluding carboxylic acids is 1. The Labute approximate surface area is 142 Å². The molecule has 2 N–H and O–H groups in total. The first kappa shape index (κ1) is 20.0. The van der Waals surface area contributed by atoms with Crippen LogP contribution in [0.4, 0.5) is 10.5 Å². The number of alkyl carbamates (subject to hydrolysis) is 1. The minimum absolute atomic E-state index is 0.0997. The van der Waals surface area contributed by atoms with E-state index < -0.39 is 33.4 Å².